The zero-order valence-corrected chi connectivity index (χ0v) is 9.33. The highest BCUT2D eigenvalue weighted by atomic mass is 35.5. The third-order valence-corrected chi connectivity index (χ3v) is 2.42. The number of hydrogen-bond donors (Lipinski definition) is 4. The number of hydrogen-bond acceptors (Lipinski definition) is 4. The van der Waals surface area contributed by atoms with E-state index in [1.54, 1.807) is 0 Å². The summed E-state index contributed by atoms with van der Waals surface area (Å²) in [7, 11) is 0. The Kier molecular flexibility index (Phi) is 3.96. The standard InChI is InChI=1S/C11H13ClN4/c12-9(8(6-13)11(15)16)10(14)7-4-2-1-3-5-7/h1-6,13H,14-16H2/b10-9+,13-6?. The first-order valence-electron chi connectivity index (χ1n) is 4.54. The molecule has 0 unspecified atom stereocenters. The molecule has 0 amide bonds. The van der Waals surface area contributed by atoms with Crippen LogP contribution in [0.2, 0.25) is 0 Å². The minimum absolute atomic E-state index is 0.0288. The van der Waals surface area contributed by atoms with Crippen LogP contribution in [0.5, 0.6) is 0 Å². The summed E-state index contributed by atoms with van der Waals surface area (Å²) in [6.07, 6.45) is 0.980. The van der Waals surface area contributed by atoms with E-state index in [0.717, 1.165) is 11.8 Å². The second-order valence-corrected chi connectivity index (χ2v) is 3.49. The van der Waals surface area contributed by atoms with Crippen molar-refractivity contribution in [2.45, 2.75) is 0 Å². The van der Waals surface area contributed by atoms with E-state index in [4.69, 9.17) is 34.2 Å². The van der Waals surface area contributed by atoms with Crippen LogP contribution in [-0.2, 0) is 0 Å². The first-order chi connectivity index (χ1) is 7.57. The Labute approximate surface area is 98.9 Å². The van der Waals surface area contributed by atoms with Gasteiger partial charge in [0, 0.05) is 6.21 Å². The quantitative estimate of drug-likeness (QED) is 0.470. The Morgan fingerprint density at radius 2 is 1.69 bits per heavy atom. The maximum atomic E-state index is 7.16. The van der Waals surface area contributed by atoms with Gasteiger partial charge in [0.05, 0.1) is 16.3 Å². The SMILES string of the molecule is N=CC(=C(N)N)/C(Cl)=C(\N)c1ccccc1. The third kappa shape index (κ3) is 2.55. The van der Waals surface area contributed by atoms with Crippen molar-refractivity contribution in [2.75, 3.05) is 0 Å². The Morgan fingerprint density at radius 3 is 2.12 bits per heavy atom. The number of nitrogens with one attached hydrogen (secondary N) is 1. The molecule has 1 aromatic carbocycles. The molecule has 5 heteroatoms. The van der Waals surface area contributed by atoms with Crippen LogP contribution in [0.15, 0.2) is 46.8 Å². The van der Waals surface area contributed by atoms with Crippen LogP contribution in [0.25, 0.3) is 5.70 Å². The number of benzene rings is 1. The maximum absolute atomic E-state index is 7.16. The zero-order valence-electron chi connectivity index (χ0n) is 8.57. The Balaban J connectivity index is 3.26. The van der Waals surface area contributed by atoms with Crippen LogP contribution in [0.3, 0.4) is 0 Å². The van der Waals surface area contributed by atoms with Gasteiger partial charge in [-0.15, -0.1) is 0 Å². The second kappa shape index (κ2) is 5.23. The molecule has 16 heavy (non-hydrogen) atoms. The van der Waals surface area contributed by atoms with E-state index >= 15 is 0 Å². The molecule has 84 valence electrons. The van der Waals surface area contributed by atoms with Gasteiger partial charge in [0.1, 0.15) is 5.82 Å². The highest BCUT2D eigenvalue weighted by molar-refractivity contribution is 6.37. The molecular formula is C11H13ClN4. The predicted octanol–water partition coefficient (Wildman–Crippen LogP) is 1.33. The first kappa shape index (κ1) is 12.1. The van der Waals surface area contributed by atoms with Crippen LogP contribution in [0.1, 0.15) is 5.56 Å². The fourth-order valence-electron chi connectivity index (χ4n) is 1.16. The van der Waals surface area contributed by atoms with Crippen molar-refractivity contribution in [2.24, 2.45) is 17.2 Å². The molecule has 0 heterocycles. The molecule has 0 fully saturated rings. The van der Waals surface area contributed by atoms with E-state index in [2.05, 4.69) is 0 Å². The van der Waals surface area contributed by atoms with Crippen LogP contribution in [-0.4, -0.2) is 6.21 Å². The van der Waals surface area contributed by atoms with Crippen molar-refractivity contribution in [3.8, 4) is 0 Å². The van der Waals surface area contributed by atoms with Gasteiger partial charge in [0.2, 0.25) is 0 Å². The van der Waals surface area contributed by atoms with Crippen LogP contribution < -0.4 is 17.2 Å². The monoisotopic (exact) mass is 236 g/mol. The molecule has 0 bridgehead atoms. The molecule has 0 saturated carbocycles. The largest absolute Gasteiger partial charge is 0.397 e. The minimum Gasteiger partial charge on any atom is -0.397 e. The van der Waals surface area contributed by atoms with Crippen LogP contribution in [0.4, 0.5) is 0 Å². The lowest BCUT2D eigenvalue weighted by Gasteiger charge is -2.07. The van der Waals surface area contributed by atoms with E-state index in [0.29, 0.717) is 5.70 Å². The molecule has 0 radical (unpaired) electrons. The summed E-state index contributed by atoms with van der Waals surface area (Å²) in [5.74, 6) is -0.0288. The maximum Gasteiger partial charge on any atom is 0.104 e. The summed E-state index contributed by atoms with van der Waals surface area (Å²) in [5, 5.41) is 7.34. The molecule has 0 aliphatic heterocycles. The van der Waals surface area contributed by atoms with Gasteiger partial charge in [0.15, 0.2) is 0 Å². The van der Waals surface area contributed by atoms with Gasteiger partial charge >= 0.3 is 0 Å². The van der Waals surface area contributed by atoms with Crippen molar-refractivity contribution < 1.29 is 0 Å². The molecule has 0 atom stereocenters. The number of rotatable bonds is 3. The van der Waals surface area contributed by atoms with Crippen molar-refractivity contribution in [3.05, 3.63) is 52.3 Å². The number of allylic oxidation sites excluding steroid dienone is 2. The minimum atomic E-state index is -0.0288. The molecule has 1 rings (SSSR count). The van der Waals surface area contributed by atoms with Gasteiger partial charge in [-0.2, -0.15) is 0 Å². The summed E-state index contributed by atoms with van der Waals surface area (Å²) in [4.78, 5) is 0. The molecule has 0 aliphatic rings. The van der Waals surface area contributed by atoms with Gasteiger partial charge in [-0.25, -0.2) is 0 Å². The predicted molar refractivity (Wildman–Crippen MR) is 67.6 cm³/mol. The van der Waals surface area contributed by atoms with Gasteiger partial charge < -0.3 is 22.6 Å². The lowest BCUT2D eigenvalue weighted by molar-refractivity contribution is 1.22. The molecule has 7 N–H and O–H groups in total. The van der Waals surface area contributed by atoms with Crippen molar-refractivity contribution >= 4 is 23.5 Å². The summed E-state index contributed by atoms with van der Waals surface area (Å²) >= 11 is 6.01. The molecule has 4 nitrogen and oxygen atoms in total. The fourth-order valence-corrected chi connectivity index (χ4v) is 1.44. The molecule has 0 spiro atoms. The van der Waals surface area contributed by atoms with E-state index < -0.39 is 0 Å². The molecule has 0 aromatic heterocycles. The molecular weight excluding hydrogens is 224 g/mol. The Bertz CT molecular complexity index is 444. The van der Waals surface area contributed by atoms with E-state index in [9.17, 15) is 0 Å². The van der Waals surface area contributed by atoms with E-state index in [-0.39, 0.29) is 16.4 Å². The van der Waals surface area contributed by atoms with E-state index in [1.165, 1.54) is 0 Å². The lowest BCUT2D eigenvalue weighted by atomic mass is 10.1. The first-order valence-corrected chi connectivity index (χ1v) is 4.92. The zero-order chi connectivity index (χ0) is 12.1. The third-order valence-electron chi connectivity index (χ3n) is 2.01. The molecule has 0 saturated heterocycles. The summed E-state index contributed by atoms with van der Waals surface area (Å²) < 4.78 is 0. The number of nitrogens with two attached hydrogens (primary N) is 3. The fraction of sp³-hybridized carbons (Fsp3) is 0. The summed E-state index contributed by atoms with van der Waals surface area (Å²) in [6, 6.07) is 9.17. The highest BCUT2D eigenvalue weighted by Gasteiger charge is 2.09. The summed E-state index contributed by atoms with van der Waals surface area (Å²) in [6.45, 7) is 0. The van der Waals surface area contributed by atoms with E-state index in [1.807, 2.05) is 30.3 Å². The van der Waals surface area contributed by atoms with Crippen LogP contribution in [0, 0.1) is 5.41 Å². The Hall–Kier alpha value is -1.94. The highest BCUT2D eigenvalue weighted by Crippen LogP contribution is 2.22. The topological polar surface area (TPSA) is 102 Å². The number of halogens is 1. The van der Waals surface area contributed by atoms with Crippen molar-refractivity contribution in [1.82, 2.24) is 0 Å². The second-order valence-electron chi connectivity index (χ2n) is 3.11. The van der Waals surface area contributed by atoms with Crippen molar-refractivity contribution in [1.29, 1.82) is 5.41 Å². The van der Waals surface area contributed by atoms with Crippen molar-refractivity contribution in [3.63, 3.8) is 0 Å². The van der Waals surface area contributed by atoms with Gasteiger partial charge in [-0.3, -0.25) is 0 Å². The summed E-state index contributed by atoms with van der Waals surface area (Å²) in [5.41, 5.74) is 18.0. The average molecular weight is 237 g/mol. The smallest absolute Gasteiger partial charge is 0.104 e. The molecule has 0 aliphatic carbocycles. The Morgan fingerprint density at radius 1 is 1.12 bits per heavy atom. The van der Waals surface area contributed by atoms with Gasteiger partial charge in [0.25, 0.3) is 0 Å². The molecule has 1 aromatic rings. The van der Waals surface area contributed by atoms with Gasteiger partial charge in [-0.05, 0) is 5.56 Å². The average Bonchev–Trinajstić information content (AvgIpc) is 2.29. The normalized spacial score (nSPS) is 11.6. The van der Waals surface area contributed by atoms with Crippen LogP contribution >= 0.6 is 11.6 Å². The lowest BCUT2D eigenvalue weighted by Crippen LogP contribution is -2.14. The van der Waals surface area contributed by atoms with Gasteiger partial charge in [-0.1, -0.05) is 41.9 Å².